The van der Waals surface area contributed by atoms with Crippen LogP contribution in [0.5, 0.6) is 0 Å². The van der Waals surface area contributed by atoms with Crippen LogP contribution in [0.3, 0.4) is 0 Å². The second-order valence-corrected chi connectivity index (χ2v) is 8.63. The first-order valence-electron chi connectivity index (χ1n) is 9.21. The van der Waals surface area contributed by atoms with E-state index >= 15 is 0 Å². The predicted molar refractivity (Wildman–Crippen MR) is 97.0 cm³/mol. The average molecular weight is 347 g/mol. The summed E-state index contributed by atoms with van der Waals surface area (Å²) in [4.78, 5) is 13.4. The minimum Gasteiger partial charge on any atom is -0.344 e. The molecule has 7 heteroatoms. The van der Waals surface area contributed by atoms with Crippen molar-refractivity contribution in [3.8, 4) is 0 Å². The first-order valence-corrected chi connectivity index (χ1v) is 10.0. The zero-order valence-corrected chi connectivity index (χ0v) is 15.4. The number of piperidine rings is 1. The fourth-order valence-corrected chi connectivity index (χ4v) is 5.87. The summed E-state index contributed by atoms with van der Waals surface area (Å²) in [6.45, 7) is 6.56. The molecule has 3 saturated heterocycles. The van der Waals surface area contributed by atoms with Gasteiger partial charge in [0.2, 0.25) is 10.1 Å². The molecule has 2 bridgehead atoms. The SMILES string of the molecule is Cc1cn2nc(N3CCN(C4CC5CCC(C4)N5C)CC3)sc2n1. The lowest BCUT2D eigenvalue weighted by Gasteiger charge is -2.44. The van der Waals surface area contributed by atoms with E-state index in [1.807, 2.05) is 17.6 Å². The molecule has 2 aromatic heterocycles. The Morgan fingerprint density at radius 3 is 2.42 bits per heavy atom. The number of aromatic nitrogens is 3. The summed E-state index contributed by atoms with van der Waals surface area (Å²) < 4.78 is 1.93. The monoisotopic (exact) mass is 346 g/mol. The number of piperazine rings is 1. The van der Waals surface area contributed by atoms with E-state index in [-0.39, 0.29) is 0 Å². The minimum atomic E-state index is 0.803. The van der Waals surface area contributed by atoms with Gasteiger partial charge in [-0.15, -0.1) is 5.10 Å². The maximum atomic E-state index is 4.71. The van der Waals surface area contributed by atoms with Crippen molar-refractivity contribution in [2.75, 3.05) is 38.1 Å². The van der Waals surface area contributed by atoms with Gasteiger partial charge in [-0.2, -0.15) is 0 Å². The van der Waals surface area contributed by atoms with Crippen LogP contribution in [0.1, 0.15) is 31.4 Å². The smallest absolute Gasteiger partial charge is 0.214 e. The van der Waals surface area contributed by atoms with Gasteiger partial charge in [0.05, 0.1) is 11.9 Å². The second-order valence-electron chi connectivity index (χ2n) is 7.69. The second kappa shape index (κ2) is 5.68. The van der Waals surface area contributed by atoms with E-state index in [0.29, 0.717) is 0 Å². The van der Waals surface area contributed by atoms with Crippen LogP contribution in [0.25, 0.3) is 4.96 Å². The Balaban J connectivity index is 1.23. The molecule has 24 heavy (non-hydrogen) atoms. The number of fused-ring (bicyclic) bond motifs is 3. The Bertz CT molecular complexity index is 685. The molecule has 5 heterocycles. The van der Waals surface area contributed by atoms with Gasteiger partial charge in [0, 0.05) is 44.3 Å². The molecule has 6 nitrogen and oxygen atoms in total. The molecule has 0 radical (unpaired) electrons. The van der Waals surface area contributed by atoms with E-state index in [9.17, 15) is 0 Å². The molecule has 0 amide bonds. The average Bonchev–Trinajstić information content (AvgIpc) is 3.16. The highest BCUT2D eigenvalue weighted by Crippen LogP contribution is 2.36. The Morgan fingerprint density at radius 1 is 1.04 bits per heavy atom. The summed E-state index contributed by atoms with van der Waals surface area (Å²) in [6, 6.07) is 2.47. The highest BCUT2D eigenvalue weighted by molar-refractivity contribution is 7.20. The molecule has 3 aliphatic rings. The van der Waals surface area contributed by atoms with Gasteiger partial charge in [-0.25, -0.2) is 9.50 Å². The zero-order valence-electron chi connectivity index (χ0n) is 14.6. The summed E-state index contributed by atoms with van der Waals surface area (Å²) in [7, 11) is 2.33. The molecule has 0 aromatic carbocycles. The Hall–Kier alpha value is -1.18. The third kappa shape index (κ3) is 2.45. The number of hydrogen-bond donors (Lipinski definition) is 0. The quantitative estimate of drug-likeness (QED) is 0.830. The number of nitrogens with zero attached hydrogens (tertiary/aromatic N) is 6. The van der Waals surface area contributed by atoms with Crippen molar-refractivity contribution >= 4 is 21.4 Å². The molecule has 2 unspecified atom stereocenters. The van der Waals surface area contributed by atoms with E-state index in [0.717, 1.165) is 47.0 Å². The fraction of sp³-hybridized carbons (Fsp3) is 0.765. The van der Waals surface area contributed by atoms with E-state index in [1.54, 1.807) is 11.3 Å². The molecular formula is C17H26N6S. The van der Waals surface area contributed by atoms with Crippen LogP contribution in [0.2, 0.25) is 0 Å². The van der Waals surface area contributed by atoms with Gasteiger partial charge in [0.25, 0.3) is 0 Å². The number of imidazole rings is 1. The maximum absolute atomic E-state index is 4.71. The van der Waals surface area contributed by atoms with E-state index in [1.165, 1.54) is 38.8 Å². The molecule has 0 spiro atoms. The largest absolute Gasteiger partial charge is 0.344 e. The molecule has 0 N–H and O–H groups in total. The number of rotatable bonds is 2. The van der Waals surface area contributed by atoms with Gasteiger partial charge < -0.3 is 9.80 Å². The number of anilines is 1. The first-order chi connectivity index (χ1) is 11.7. The van der Waals surface area contributed by atoms with Crippen LogP contribution in [0, 0.1) is 6.92 Å². The highest BCUT2D eigenvalue weighted by atomic mass is 32.1. The lowest BCUT2D eigenvalue weighted by atomic mass is 9.96. The summed E-state index contributed by atoms with van der Waals surface area (Å²) in [5, 5.41) is 5.84. The number of hydrogen-bond acceptors (Lipinski definition) is 6. The minimum absolute atomic E-state index is 0.803. The summed E-state index contributed by atoms with van der Waals surface area (Å²) in [5.41, 5.74) is 1.04. The number of aryl methyl sites for hydroxylation is 1. The van der Waals surface area contributed by atoms with Crippen LogP contribution >= 0.6 is 11.3 Å². The highest BCUT2D eigenvalue weighted by Gasteiger charge is 2.40. The van der Waals surface area contributed by atoms with Gasteiger partial charge in [0.15, 0.2) is 0 Å². The fourth-order valence-electron chi connectivity index (χ4n) is 4.89. The standard InChI is InChI=1S/C17H26N6S/c1-12-11-23-16(18-12)24-17(19-23)22-7-5-21(6-8-22)15-9-13-3-4-14(10-15)20(13)2/h11,13-15H,3-10H2,1-2H3. The predicted octanol–water partition coefficient (Wildman–Crippen LogP) is 1.85. The van der Waals surface area contributed by atoms with Crippen molar-refractivity contribution < 1.29 is 0 Å². The molecule has 3 fully saturated rings. The van der Waals surface area contributed by atoms with Crippen LogP contribution in [-0.2, 0) is 0 Å². The first kappa shape index (κ1) is 15.1. The van der Waals surface area contributed by atoms with Gasteiger partial charge >= 0.3 is 0 Å². The Kier molecular flexibility index (Phi) is 3.57. The van der Waals surface area contributed by atoms with Gasteiger partial charge in [0.1, 0.15) is 0 Å². The Morgan fingerprint density at radius 2 is 1.75 bits per heavy atom. The van der Waals surface area contributed by atoms with E-state index in [4.69, 9.17) is 5.10 Å². The van der Waals surface area contributed by atoms with Crippen LogP contribution < -0.4 is 4.90 Å². The lowest BCUT2D eigenvalue weighted by molar-refractivity contribution is 0.0719. The third-order valence-electron chi connectivity index (χ3n) is 6.33. The van der Waals surface area contributed by atoms with Crippen molar-refractivity contribution in [2.45, 2.75) is 50.7 Å². The molecule has 0 saturated carbocycles. The third-order valence-corrected chi connectivity index (χ3v) is 7.31. The van der Waals surface area contributed by atoms with Crippen LogP contribution in [0.15, 0.2) is 6.20 Å². The molecule has 3 aliphatic heterocycles. The van der Waals surface area contributed by atoms with Crippen molar-refractivity contribution in [3.05, 3.63) is 11.9 Å². The molecule has 2 aromatic rings. The molecular weight excluding hydrogens is 320 g/mol. The molecule has 5 rings (SSSR count). The van der Waals surface area contributed by atoms with Crippen molar-refractivity contribution in [3.63, 3.8) is 0 Å². The molecule has 0 aliphatic carbocycles. The van der Waals surface area contributed by atoms with Crippen LogP contribution in [-0.4, -0.2) is 75.8 Å². The van der Waals surface area contributed by atoms with Gasteiger partial charge in [-0.1, -0.05) is 11.3 Å². The summed E-state index contributed by atoms with van der Waals surface area (Å²) in [5.74, 6) is 0. The summed E-state index contributed by atoms with van der Waals surface area (Å²) >= 11 is 1.71. The molecule has 2 atom stereocenters. The van der Waals surface area contributed by atoms with Crippen LogP contribution in [0.4, 0.5) is 5.13 Å². The van der Waals surface area contributed by atoms with E-state index in [2.05, 4.69) is 26.7 Å². The zero-order chi connectivity index (χ0) is 16.3. The van der Waals surface area contributed by atoms with Gasteiger partial charge in [-0.05, 0) is 39.7 Å². The molecule has 130 valence electrons. The van der Waals surface area contributed by atoms with Gasteiger partial charge in [-0.3, -0.25) is 4.90 Å². The normalized spacial score (nSPS) is 32.1. The van der Waals surface area contributed by atoms with E-state index < -0.39 is 0 Å². The maximum Gasteiger partial charge on any atom is 0.214 e. The van der Waals surface area contributed by atoms with Crippen molar-refractivity contribution in [2.24, 2.45) is 0 Å². The van der Waals surface area contributed by atoms with Crippen molar-refractivity contribution in [1.82, 2.24) is 24.4 Å². The topological polar surface area (TPSA) is 39.9 Å². The lowest BCUT2D eigenvalue weighted by Crippen LogP contribution is -2.55. The Labute approximate surface area is 147 Å². The summed E-state index contributed by atoms with van der Waals surface area (Å²) in [6.07, 6.45) is 7.58. The van der Waals surface area contributed by atoms with Crippen molar-refractivity contribution in [1.29, 1.82) is 0 Å².